The molecule has 1 aromatic carbocycles. The van der Waals surface area contributed by atoms with Crippen LogP contribution in [0.3, 0.4) is 0 Å². The molecular weight excluding hydrogens is 386 g/mol. The summed E-state index contributed by atoms with van der Waals surface area (Å²) < 4.78 is 31.1. The van der Waals surface area contributed by atoms with Crippen molar-refractivity contribution in [2.45, 2.75) is 24.3 Å². The molecule has 1 saturated carbocycles. The van der Waals surface area contributed by atoms with Gasteiger partial charge in [-0.3, -0.25) is 4.79 Å². The number of nitrogens with one attached hydrogen (secondary N) is 1. The number of hydrogen-bond donors (Lipinski definition) is 2. The molecule has 2 aliphatic rings. The topological polar surface area (TPSA) is 101 Å². The fourth-order valence-corrected chi connectivity index (χ4v) is 5.30. The van der Waals surface area contributed by atoms with Crippen molar-refractivity contribution < 1.29 is 13.5 Å². The number of benzene rings is 1. The molecule has 0 radical (unpaired) electrons. The molecule has 0 spiro atoms. The van der Waals surface area contributed by atoms with Crippen molar-refractivity contribution >= 4 is 43.1 Å². The van der Waals surface area contributed by atoms with Crippen LogP contribution in [0.1, 0.15) is 18.4 Å². The molecule has 1 aliphatic carbocycles. The van der Waals surface area contributed by atoms with Gasteiger partial charge in [-0.15, -0.1) is 15.7 Å². The Bertz CT molecular complexity index is 1280. The van der Waals surface area contributed by atoms with Crippen molar-refractivity contribution in [1.29, 1.82) is 0 Å². The lowest BCUT2D eigenvalue weighted by atomic mass is 10.2. The van der Waals surface area contributed by atoms with Crippen LogP contribution in [-0.2, 0) is 16.6 Å². The van der Waals surface area contributed by atoms with E-state index in [2.05, 4.69) is 9.71 Å². The molecule has 1 aliphatic heterocycles. The molecule has 9 heteroatoms. The van der Waals surface area contributed by atoms with Gasteiger partial charge in [0.25, 0.3) is 15.6 Å². The molecule has 3 aromatic rings. The molecule has 2 N–H and O–H groups in total. The van der Waals surface area contributed by atoms with Gasteiger partial charge < -0.3 is 15.0 Å². The van der Waals surface area contributed by atoms with Crippen LogP contribution < -0.4 is 10.9 Å². The number of amidine groups is 1. The summed E-state index contributed by atoms with van der Waals surface area (Å²) in [5, 5.41) is 15.5. The summed E-state index contributed by atoms with van der Waals surface area (Å²) in [6, 6.07) is 8.15. The molecule has 7 nitrogen and oxygen atoms in total. The van der Waals surface area contributed by atoms with Crippen molar-refractivity contribution in [3.05, 3.63) is 51.6 Å². The first kappa shape index (κ1) is 16.5. The third-order valence-electron chi connectivity index (χ3n) is 4.85. The van der Waals surface area contributed by atoms with Crippen LogP contribution >= 0.6 is 11.3 Å². The number of sulfonamides is 1. The number of fused-ring (bicyclic) bond motifs is 2. The number of anilines is 1. The van der Waals surface area contributed by atoms with Gasteiger partial charge >= 0.3 is 0 Å². The summed E-state index contributed by atoms with van der Waals surface area (Å²) in [5.41, 5.74) is 0.453. The fourth-order valence-electron chi connectivity index (χ4n) is 3.33. The Morgan fingerprint density at radius 3 is 2.81 bits per heavy atom. The summed E-state index contributed by atoms with van der Waals surface area (Å²) in [5.74, 6) is 0.0582. The Hall–Kier alpha value is -2.65. The predicted octanol–water partition coefficient (Wildman–Crippen LogP) is 2.74. The van der Waals surface area contributed by atoms with Crippen LogP contribution in [0.15, 0.2) is 49.8 Å². The van der Waals surface area contributed by atoms with Crippen LogP contribution in [-0.4, -0.2) is 23.9 Å². The van der Waals surface area contributed by atoms with Crippen molar-refractivity contribution in [3.8, 4) is 5.75 Å². The van der Waals surface area contributed by atoms with Crippen molar-refractivity contribution in [1.82, 2.24) is 4.57 Å². The molecule has 3 heterocycles. The Labute approximate surface area is 158 Å². The Morgan fingerprint density at radius 1 is 1.26 bits per heavy atom. The maximum absolute atomic E-state index is 13.2. The maximum atomic E-state index is 13.2. The van der Waals surface area contributed by atoms with Crippen molar-refractivity contribution in [3.63, 3.8) is 0 Å². The number of pyridine rings is 1. The van der Waals surface area contributed by atoms with E-state index in [1.165, 1.54) is 17.4 Å². The van der Waals surface area contributed by atoms with Gasteiger partial charge in [0, 0.05) is 6.54 Å². The molecule has 1 fully saturated rings. The molecule has 0 amide bonds. The second-order valence-corrected chi connectivity index (χ2v) is 9.24. The third kappa shape index (κ3) is 2.57. The van der Waals surface area contributed by atoms with Crippen LogP contribution in [0.4, 0.5) is 5.69 Å². The van der Waals surface area contributed by atoms with E-state index in [4.69, 9.17) is 0 Å². The fraction of sp³-hybridized carbons (Fsp3) is 0.222. The summed E-state index contributed by atoms with van der Waals surface area (Å²) in [6.45, 7) is 0.552. The van der Waals surface area contributed by atoms with E-state index in [9.17, 15) is 18.3 Å². The van der Waals surface area contributed by atoms with Gasteiger partial charge in [0.1, 0.15) is 10.5 Å². The van der Waals surface area contributed by atoms with Crippen molar-refractivity contribution in [2.75, 3.05) is 5.32 Å². The van der Waals surface area contributed by atoms with E-state index < -0.39 is 15.6 Å². The predicted molar refractivity (Wildman–Crippen MR) is 104 cm³/mol. The normalized spacial score (nSPS) is 18.0. The summed E-state index contributed by atoms with van der Waals surface area (Å²) >= 11 is 1.31. The Morgan fingerprint density at radius 2 is 2.04 bits per heavy atom. The Kier molecular flexibility index (Phi) is 3.47. The first-order chi connectivity index (χ1) is 13.0. The average molecular weight is 401 g/mol. The zero-order chi connectivity index (χ0) is 18.8. The van der Waals surface area contributed by atoms with Crippen molar-refractivity contribution in [2.24, 2.45) is 10.3 Å². The lowest BCUT2D eigenvalue weighted by Crippen LogP contribution is -2.32. The van der Waals surface area contributed by atoms with Gasteiger partial charge in [0.2, 0.25) is 0 Å². The molecule has 138 valence electrons. The van der Waals surface area contributed by atoms with Gasteiger partial charge in [-0.05, 0) is 42.3 Å². The highest BCUT2D eigenvalue weighted by atomic mass is 32.2. The molecule has 5 rings (SSSR count). The maximum Gasteiger partial charge on any atom is 0.286 e. The highest BCUT2D eigenvalue weighted by molar-refractivity contribution is 7.90. The number of aromatic nitrogens is 1. The van der Waals surface area contributed by atoms with Crippen LogP contribution in [0.5, 0.6) is 5.75 Å². The molecule has 27 heavy (non-hydrogen) atoms. The van der Waals surface area contributed by atoms with Gasteiger partial charge in [-0.1, -0.05) is 12.1 Å². The molecule has 0 saturated heterocycles. The van der Waals surface area contributed by atoms with Crippen LogP contribution in [0, 0.1) is 5.92 Å². The standard InChI is InChI=1S/C18H15N3O4S2/c22-15-14(17-19-11-3-1-2-4-13(11)27(24,25)20-17)18(23)21(9-10-5-6-10)12-7-8-26-16(12)15/h1-4,7-8,10,22H,5-6,9H2,(H,19,20). The largest absolute Gasteiger partial charge is 0.505 e. The highest BCUT2D eigenvalue weighted by Crippen LogP contribution is 2.36. The molecule has 0 bridgehead atoms. The van der Waals surface area contributed by atoms with E-state index in [1.807, 2.05) is 0 Å². The number of hydrogen-bond acceptors (Lipinski definition) is 6. The summed E-state index contributed by atoms with van der Waals surface area (Å²) in [7, 11) is -3.97. The number of para-hydroxylation sites is 1. The van der Waals surface area contributed by atoms with E-state index in [0.717, 1.165) is 12.8 Å². The average Bonchev–Trinajstić information content (AvgIpc) is 3.31. The first-order valence-electron chi connectivity index (χ1n) is 8.50. The smallest absolute Gasteiger partial charge is 0.286 e. The highest BCUT2D eigenvalue weighted by Gasteiger charge is 2.31. The van der Waals surface area contributed by atoms with Gasteiger partial charge in [0.15, 0.2) is 11.6 Å². The minimum absolute atomic E-state index is 0.0451. The van der Waals surface area contributed by atoms with Gasteiger partial charge in [0.05, 0.1) is 15.9 Å². The minimum Gasteiger partial charge on any atom is -0.505 e. The summed E-state index contributed by atoms with van der Waals surface area (Å²) in [6.07, 6.45) is 2.13. The first-order valence-corrected chi connectivity index (χ1v) is 10.8. The van der Waals surface area contributed by atoms with Crippen LogP contribution in [0.2, 0.25) is 0 Å². The zero-order valence-electron chi connectivity index (χ0n) is 14.0. The van der Waals surface area contributed by atoms with E-state index in [1.54, 1.807) is 34.2 Å². The SMILES string of the molecule is O=c1c(C2=NS(=O)(=O)c3ccccc3N2)c(O)c2sccc2n1CC1CC1. The molecule has 0 atom stereocenters. The molecular formula is C18H15N3O4S2. The quantitative estimate of drug-likeness (QED) is 0.703. The van der Waals surface area contributed by atoms with Gasteiger partial charge in [-0.2, -0.15) is 8.42 Å². The monoisotopic (exact) mass is 401 g/mol. The van der Waals surface area contributed by atoms with Gasteiger partial charge in [-0.25, -0.2) is 0 Å². The number of nitrogens with zero attached hydrogens (tertiary/aromatic N) is 2. The lowest BCUT2D eigenvalue weighted by molar-refractivity contribution is 0.477. The Balaban J connectivity index is 1.76. The third-order valence-corrected chi connectivity index (χ3v) is 7.10. The van der Waals surface area contributed by atoms with E-state index in [-0.39, 0.29) is 22.0 Å². The lowest BCUT2D eigenvalue weighted by Gasteiger charge is -2.19. The summed E-state index contributed by atoms with van der Waals surface area (Å²) in [4.78, 5) is 13.2. The zero-order valence-corrected chi connectivity index (χ0v) is 15.7. The number of thiophene rings is 1. The van der Waals surface area contributed by atoms with E-state index in [0.29, 0.717) is 28.4 Å². The second-order valence-electron chi connectivity index (χ2n) is 6.75. The second kappa shape index (κ2) is 5.67. The molecule has 0 unspecified atom stereocenters. The molecule has 2 aromatic heterocycles. The number of aromatic hydroxyl groups is 1. The van der Waals surface area contributed by atoms with Crippen LogP contribution in [0.25, 0.3) is 10.2 Å². The minimum atomic E-state index is -3.97. The van der Waals surface area contributed by atoms with E-state index >= 15 is 0 Å². The number of rotatable bonds is 3.